The second-order valence-corrected chi connectivity index (χ2v) is 8.39. The third kappa shape index (κ3) is 2.30. The van der Waals surface area contributed by atoms with E-state index in [-0.39, 0.29) is 11.8 Å². The molecule has 3 aliphatic heterocycles. The molecule has 0 spiro atoms. The highest BCUT2D eigenvalue weighted by Gasteiger charge is 2.52. The van der Waals surface area contributed by atoms with E-state index < -0.39 is 6.10 Å². The predicted octanol–water partition coefficient (Wildman–Crippen LogP) is 1.24. The van der Waals surface area contributed by atoms with Gasteiger partial charge in [-0.2, -0.15) is 0 Å². The number of rotatable bonds is 3. The molecule has 5 heterocycles. The number of fused-ring (bicyclic) bond motifs is 6. The van der Waals surface area contributed by atoms with Crippen molar-refractivity contribution in [2.24, 2.45) is 17.8 Å². The van der Waals surface area contributed by atoms with Crippen LogP contribution >= 0.6 is 0 Å². The average Bonchev–Trinajstić information content (AvgIpc) is 3.40. The number of carbonyl (C=O) groups excluding carboxylic acids is 1. The van der Waals surface area contributed by atoms with Gasteiger partial charge in [-0.25, -0.2) is 0 Å². The van der Waals surface area contributed by atoms with E-state index in [9.17, 15) is 9.90 Å². The lowest BCUT2D eigenvalue weighted by Crippen LogP contribution is -2.35. The van der Waals surface area contributed by atoms with E-state index in [0.717, 1.165) is 13.1 Å². The van der Waals surface area contributed by atoms with Gasteiger partial charge in [0.1, 0.15) is 6.10 Å². The topological polar surface area (TPSA) is 82.8 Å². The molecule has 2 aromatic rings. The summed E-state index contributed by atoms with van der Waals surface area (Å²) >= 11 is 0. The van der Waals surface area contributed by atoms with Crippen molar-refractivity contribution >= 4 is 11.6 Å². The molecule has 138 valence electrons. The maximum absolute atomic E-state index is 13.1. The zero-order valence-electron chi connectivity index (χ0n) is 15.2. The molecule has 5 atom stereocenters. The number of nitrogens with zero attached hydrogens (tertiary/aromatic N) is 4. The Morgan fingerprint density at radius 2 is 1.88 bits per heavy atom. The van der Waals surface area contributed by atoms with E-state index >= 15 is 0 Å². The van der Waals surface area contributed by atoms with Crippen LogP contribution in [0.15, 0.2) is 18.3 Å². The van der Waals surface area contributed by atoms with E-state index in [4.69, 9.17) is 0 Å². The molecule has 5 rings (SSSR count). The number of likely N-dealkylation sites (tertiary alicyclic amines) is 1. The fourth-order valence-electron chi connectivity index (χ4n) is 5.06. The average molecular weight is 355 g/mol. The maximum Gasteiger partial charge on any atom is 0.255 e. The number of nitrogens with one attached hydrogen (secondary N) is 1. The zero-order valence-corrected chi connectivity index (χ0v) is 15.2. The first-order chi connectivity index (χ1) is 12.5. The van der Waals surface area contributed by atoms with Crippen LogP contribution in [-0.4, -0.2) is 55.7 Å². The van der Waals surface area contributed by atoms with Gasteiger partial charge in [-0.1, -0.05) is 13.8 Å². The molecule has 2 aromatic heterocycles. The van der Waals surface area contributed by atoms with Gasteiger partial charge in [0.05, 0.1) is 5.56 Å². The van der Waals surface area contributed by atoms with Crippen molar-refractivity contribution in [1.82, 2.24) is 24.8 Å². The molecule has 3 aliphatic rings. The highest BCUT2D eigenvalue weighted by molar-refractivity contribution is 5.94. The van der Waals surface area contributed by atoms with Gasteiger partial charge >= 0.3 is 0 Å². The highest BCUT2D eigenvalue weighted by Crippen LogP contribution is 2.43. The Kier molecular flexibility index (Phi) is 3.59. The summed E-state index contributed by atoms with van der Waals surface area (Å²) < 4.78 is 1.75. The monoisotopic (exact) mass is 355 g/mol. The third-order valence-electron chi connectivity index (χ3n) is 6.52. The van der Waals surface area contributed by atoms with Crippen LogP contribution in [0.4, 0.5) is 0 Å². The summed E-state index contributed by atoms with van der Waals surface area (Å²) in [5.74, 6) is 1.80. The van der Waals surface area contributed by atoms with Crippen LogP contribution in [0.5, 0.6) is 0 Å². The number of amides is 1. The molecule has 0 radical (unpaired) electrons. The number of aromatic nitrogens is 3. The standard InChI is InChI=1S/C19H25N5O2/c1-10(2)17(25)18-22-21-16-6-3-11(7-24(16)18)19(26)23-8-12-13(9-23)15-5-4-14(12)20-15/h3,6-7,10,12-15,17,20,25H,4-5,8-9H2,1-2H3/t12-,13+,14-,15+,17?. The Morgan fingerprint density at radius 1 is 1.19 bits per heavy atom. The minimum atomic E-state index is -0.705. The Labute approximate surface area is 152 Å². The number of hydrogen-bond donors (Lipinski definition) is 2. The summed E-state index contributed by atoms with van der Waals surface area (Å²) in [6.45, 7) is 5.57. The number of aliphatic hydroxyl groups is 1. The van der Waals surface area contributed by atoms with E-state index in [2.05, 4.69) is 15.5 Å². The van der Waals surface area contributed by atoms with Gasteiger partial charge < -0.3 is 15.3 Å². The first kappa shape index (κ1) is 16.2. The summed E-state index contributed by atoms with van der Waals surface area (Å²) in [5, 5.41) is 22.3. The van der Waals surface area contributed by atoms with Crippen LogP contribution in [0.25, 0.3) is 5.65 Å². The smallest absolute Gasteiger partial charge is 0.255 e. The Balaban J connectivity index is 1.42. The molecule has 7 nitrogen and oxygen atoms in total. The molecule has 0 aliphatic carbocycles. The van der Waals surface area contributed by atoms with Crippen LogP contribution in [-0.2, 0) is 0 Å². The molecule has 3 saturated heterocycles. The van der Waals surface area contributed by atoms with Gasteiger partial charge in [-0.3, -0.25) is 9.20 Å². The predicted molar refractivity (Wildman–Crippen MR) is 95.6 cm³/mol. The molecule has 2 bridgehead atoms. The van der Waals surface area contributed by atoms with Crippen LogP contribution in [0.3, 0.4) is 0 Å². The molecule has 26 heavy (non-hydrogen) atoms. The zero-order chi connectivity index (χ0) is 18.0. The summed E-state index contributed by atoms with van der Waals surface area (Å²) in [6.07, 6.45) is 3.57. The molecule has 7 heteroatoms. The Hall–Kier alpha value is -1.99. The van der Waals surface area contributed by atoms with Crippen molar-refractivity contribution in [3.8, 4) is 0 Å². The van der Waals surface area contributed by atoms with E-state index in [1.807, 2.05) is 24.8 Å². The first-order valence-electron chi connectivity index (χ1n) is 9.61. The van der Waals surface area contributed by atoms with Gasteiger partial charge in [-0.15, -0.1) is 10.2 Å². The lowest BCUT2D eigenvalue weighted by Gasteiger charge is -2.19. The van der Waals surface area contributed by atoms with Gasteiger partial charge in [0.15, 0.2) is 11.5 Å². The molecule has 2 N–H and O–H groups in total. The van der Waals surface area contributed by atoms with Crippen LogP contribution < -0.4 is 5.32 Å². The Morgan fingerprint density at radius 3 is 2.54 bits per heavy atom. The van der Waals surface area contributed by atoms with Crippen LogP contribution in [0.2, 0.25) is 0 Å². The summed E-state index contributed by atoms with van der Waals surface area (Å²) in [5.41, 5.74) is 1.28. The second-order valence-electron chi connectivity index (χ2n) is 8.39. The van der Waals surface area contributed by atoms with Crippen molar-refractivity contribution in [3.63, 3.8) is 0 Å². The molecule has 3 fully saturated rings. The highest BCUT2D eigenvalue weighted by atomic mass is 16.3. The largest absolute Gasteiger partial charge is 0.385 e. The van der Waals surface area contributed by atoms with Crippen molar-refractivity contribution in [2.45, 2.75) is 44.9 Å². The lowest BCUT2D eigenvalue weighted by molar-refractivity contribution is 0.0778. The third-order valence-corrected chi connectivity index (χ3v) is 6.52. The first-order valence-corrected chi connectivity index (χ1v) is 9.61. The van der Waals surface area contributed by atoms with E-state index in [1.165, 1.54) is 12.8 Å². The normalized spacial score (nSPS) is 31.2. The fraction of sp³-hybridized carbons (Fsp3) is 0.632. The van der Waals surface area contributed by atoms with Gasteiger partial charge in [0.25, 0.3) is 5.91 Å². The minimum Gasteiger partial charge on any atom is -0.385 e. The van der Waals surface area contributed by atoms with Crippen molar-refractivity contribution in [1.29, 1.82) is 0 Å². The maximum atomic E-state index is 13.1. The molecule has 0 aromatic carbocycles. The van der Waals surface area contributed by atoms with E-state index in [0.29, 0.717) is 41.0 Å². The van der Waals surface area contributed by atoms with Crippen molar-refractivity contribution in [3.05, 3.63) is 29.7 Å². The fourth-order valence-corrected chi connectivity index (χ4v) is 5.06. The van der Waals surface area contributed by atoms with Crippen LogP contribution in [0, 0.1) is 17.8 Å². The van der Waals surface area contributed by atoms with Crippen molar-refractivity contribution < 1.29 is 9.90 Å². The quantitative estimate of drug-likeness (QED) is 0.866. The number of carbonyl (C=O) groups is 1. The number of aliphatic hydroxyl groups excluding tert-OH is 1. The summed E-state index contributed by atoms with van der Waals surface area (Å²) in [7, 11) is 0. The van der Waals surface area contributed by atoms with Crippen molar-refractivity contribution in [2.75, 3.05) is 13.1 Å². The Bertz CT molecular complexity index is 845. The van der Waals surface area contributed by atoms with Gasteiger partial charge in [-0.05, 0) is 42.7 Å². The molecular weight excluding hydrogens is 330 g/mol. The number of hydrogen-bond acceptors (Lipinski definition) is 5. The van der Waals surface area contributed by atoms with Gasteiger partial charge in [0, 0.05) is 31.4 Å². The lowest BCUT2D eigenvalue weighted by atomic mass is 9.82. The molecule has 0 saturated carbocycles. The molecular formula is C19H25N5O2. The summed E-state index contributed by atoms with van der Waals surface area (Å²) in [6, 6.07) is 4.81. The number of pyridine rings is 1. The second kappa shape index (κ2) is 5.76. The minimum absolute atomic E-state index is 0.0303. The van der Waals surface area contributed by atoms with E-state index in [1.54, 1.807) is 16.7 Å². The van der Waals surface area contributed by atoms with Gasteiger partial charge in [0.2, 0.25) is 0 Å². The SMILES string of the molecule is CC(C)C(O)c1nnc2ccc(C(=O)N3C[C@@H]4[C@H](C3)[C@@H]3CC[C@H]4N3)cn12. The van der Waals surface area contributed by atoms with Crippen LogP contribution in [0.1, 0.15) is 49.0 Å². The molecule has 1 unspecified atom stereocenters. The molecule has 1 amide bonds. The summed E-state index contributed by atoms with van der Waals surface area (Å²) in [4.78, 5) is 15.1.